The van der Waals surface area contributed by atoms with E-state index in [-0.39, 0.29) is 23.0 Å². The molecule has 0 fully saturated rings. The number of rotatable bonds is 2. The third-order valence-electron chi connectivity index (χ3n) is 2.17. The standard InChI is InChI=1S/C11H9F2N3O/c1-2-8(14)11-15-10(16-17-11)9-6(12)4-3-5-7(9)13/h2-5H,14H2,1H3/b8-2+. The van der Waals surface area contributed by atoms with E-state index in [1.807, 2.05) is 0 Å². The van der Waals surface area contributed by atoms with Crippen molar-refractivity contribution >= 4 is 5.70 Å². The lowest BCUT2D eigenvalue weighted by atomic mass is 10.2. The SMILES string of the molecule is C/C=C(/N)c1nc(-c2c(F)cccc2F)no1. The van der Waals surface area contributed by atoms with Crippen LogP contribution in [0.5, 0.6) is 0 Å². The van der Waals surface area contributed by atoms with E-state index in [1.165, 1.54) is 6.07 Å². The van der Waals surface area contributed by atoms with Crippen LogP contribution in [0.2, 0.25) is 0 Å². The molecule has 0 amide bonds. The molecule has 2 aromatic rings. The summed E-state index contributed by atoms with van der Waals surface area (Å²) < 4.78 is 31.6. The Bertz CT molecular complexity index is 558. The first kappa shape index (κ1) is 11.3. The fourth-order valence-electron chi connectivity index (χ4n) is 1.28. The summed E-state index contributed by atoms with van der Waals surface area (Å²) >= 11 is 0. The lowest BCUT2D eigenvalue weighted by Gasteiger charge is -1.97. The van der Waals surface area contributed by atoms with Gasteiger partial charge in [0.15, 0.2) is 0 Å². The number of benzene rings is 1. The second kappa shape index (κ2) is 4.32. The van der Waals surface area contributed by atoms with Gasteiger partial charge >= 0.3 is 0 Å². The van der Waals surface area contributed by atoms with E-state index in [4.69, 9.17) is 10.3 Å². The zero-order valence-electron chi connectivity index (χ0n) is 8.95. The van der Waals surface area contributed by atoms with Gasteiger partial charge in [0.05, 0.1) is 11.3 Å². The summed E-state index contributed by atoms with van der Waals surface area (Å²) in [5.41, 5.74) is 5.46. The number of hydrogen-bond acceptors (Lipinski definition) is 4. The van der Waals surface area contributed by atoms with Crippen LogP contribution in [0, 0.1) is 11.6 Å². The molecule has 88 valence electrons. The highest BCUT2D eigenvalue weighted by Crippen LogP contribution is 2.23. The van der Waals surface area contributed by atoms with Crippen LogP contribution in [0.25, 0.3) is 17.1 Å². The molecule has 1 aromatic heterocycles. The van der Waals surface area contributed by atoms with Crippen molar-refractivity contribution in [2.75, 3.05) is 0 Å². The van der Waals surface area contributed by atoms with Crippen molar-refractivity contribution in [3.05, 3.63) is 41.8 Å². The molecule has 0 radical (unpaired) electrons. The van der Waals surface area contributed by atoms with Crippen molar-refractivity contribution in [3.8, 4) is 11.4 Å². The maximum Gasteiger partial charge on any atom is 0.273 e. The zero-order chi connectivity index (χ0) is 12.4. The molecule has 0 aliphatic rings. The molecule has 6 heteroatoms. The lowest BCUT2D eigenvalue weighted by molar-refractivity contribution is 0.407. The normalized spacial score (nSPS) is 11.8. The number of allylic oxidation sites excluding steroid dienone is 1. The van der Waals surface area contributed by atoms with Crippen LogP contribution in [0.4, 0.5) is 8.78 Å². The molecule has 4 nitrogen and oxygen atoms in total. The van der Waals surface area contributed by atoms with Gasteiger partial charge in [0.1, 0.15) is 11.6 Å². The van der Waals surface area contributed by atoms with Crippen molar-refractivity contribution < 1.29 is 13.3 Å². The lowest BCUT2D eigenvalue weighted by Crippen LogP contribution is -1.96. The van der Waals surface area contributed by atoms with Gasteiger partial charge in [-0.1, -0.05) is 17.3 Å². The highest BCUT2D eigenvalue weighted by atomic mass is 19.1. The third kappa shape index (κ3) is 2.01. The van der Waals surface area contributed by atoms with Gasteiger partial charge in [-0.15, -0.1) is 0 Å². The van der Waals surface area contributed by atoms with Crippen molar-refractivity contribution in [3.63, 3.8) is 0 Å². The van der Waals surface area contributed by atoms with E-state index in [0.717, 1.165) is 12.1 Å². The third-order valence-corrected chi connectivity index (χ3v) is 2.17. The molecular weight excluding hydrogens is 228 g/mol. The first-order chi connectivity index (χ1) is 8.13. The minimum atomic E-state index is -0.753. The predicted molar refractivity (Wildman–Crippen MR) is 57.5 cm³/mol. The molecule has 2 rings (SSSR count). The summed E-state index contributed by atoms with van der Waals surface area (Å²) in [6.45, 7) is 1.68. The summed E-state index contributed by atoms with van der Waals surface area (Å²) in [7, 11) is 0. The van der Waals surface area contributed by atoms with Crippen LogP contribution < -0.4 is 5.73 Å². The Balaban J connectivity index is 2.51. The number of halogens is 2. The summed E-state index contributed by atoms with van der Waals surface area (Å²) in [5.74, 6) is -1.64. The Hall–Kier alpha value is -2.24. The summed E-state index contributed by atoms with van der Waals surface area (Å²) in [6.07, 6.45) is 1.55. The van der Waals surface area contributed by atoms with Crippen LogP contribution in [-0.2, 0) is 0 Å². The van der Waals surface area contributed by atoms with E-state index in [1.54, 1.807) is 13.0 Å². The molecule has 0 bridgehead atoms. The van der Waals surface area contributed by atoms with Gasteiger partial charge in [-0.2, -0.15) is 4.98 Å². The molecule has 0 saturated carbocycles. The van der Waals surface area contributed by atoms with Crippen LogP contribution in [-0.4, -0.2) is 10.1 Å². The molecule has 1 heterocycles. The molecule has 0 atom stereocenters. The van der Waals surface area contributed by atoms with Gasteiger partial charge in [-0.25, -0.2) is 8.78 Å². The highest BCUT2D eigenvalue weighted by Gasteiger charge is 2.17. The molecule has 0 spiro atoms. The number of nitrogens with two attached hydrogens (primary N) is 1. The van der Waals surface area contributed by atoms with Gasteiger partial charge in [0.2, 0.25) is 5.82 Å². The Kier molecular flexibility index (Phi) is 2.86. The van der Waals surface area contributed by atoms with E-state index >= 15 is 0 Å². The monoisotopic (exact) mass is 237 g/mol. The smallest absolute Gasteiger partial charge is 0.273 e. The molecule has 17 heavy (non-hydrogen) atoms. The maximum atomic E-state index is 13.4. The topological polar surface area (TPSA) is 64.9 Å². The Labute approximate surface area is 95.7 Å². The van der Waals surface area contributed by atoms with Gasteiger partial charge < -0.3 is 10.3 Å². The first-order valence-electron chi connectivity index (χ1n) is 4.83. The van der Waals surface area contributed by atoms with Gasteiger partial charge in [0.25, 0.3) is 5.89 Å². The Morgan fingerprint density at radius 2 is 2.00 bits per heavy atom. The average molecular weight is 237 g/mol. The molecule has 0 aliphatic heterocycles. The van der Waals surface area contributed by atoms with E-state index in [0.29, 0.717) is 0 Å². The molecule has 0 aliphatic carbocycles. The summed E-state index contributed by atoms with van der Waals surface area (Å²) in [4.78, 5) is 3.82. The van der Waals surface area contributed by atoms with Gasteiger partial charge in [0, 0.05) is 0 Å². The Morgan fingerprint density at radius 3 is 2.59 bits per heavy atom. The first-order valence-corrected chi connectivity index (χ1v) is 4.83. The van der Waals surface area contributed by atoms with Crippen LogP contribution >= 0.6 is 0 Å². The highest BCUT2D eigenvalue weighted by molar-refractivity contribution is 5.60. The quantitative estimate of drug-likeness (QED) is 0.870. The van der Waals surface area contributed by atoms with Crippen LogP contribution in [0.3, 0.4) is 0 Å². The largest absolute Gasteiger partial charge is 0.395 e. The van der Waals surface area contributed by atoms with Crippen molar-refractivity contribution in [2.45, 2.75) is 6.92 Å². The second-order valence-corrected chi connectivity index (χ2v) is 3.26. The van der Waals surface area contributed by atoms with Crippen LogP contribution in [0.15, 0.2) is 28.8 Å². The maximum absolute atomic E-state index is 13.4. The minimum Gasteiger partial charge on any atom is -0.395 e. The fraction of sp³-hybridized carbons (Fsp3) is 0.0909. The summed E-state index contributed by atoms with van der Waals surface area (Å²) in [6, 6.07) is 3.50. The average Bonchev–Trinajstić information content (AvgIpc) is 2.77. The van der Waals surface area contributed by atoms with E-state index < -0.39 is 11.6 Å². The number of nitrogens with zero attached hydrogens (tertiary/aromatic N) is 2. The summed E-state index contributed by atoms with van der Waals surface area (Å²) in [5, 5.41) is 3.49. The Morgan fingerprint density at radius 1 is 1.35 bits per heavy atom. The van der Waals surface area contributed by atoms with Crippen LogP contribution in [0.1, 0.15) is 12.8 Å². The predicted octanol–water partition coefficient (Wildman–Crippen LogP) is 2.33. The number of hydrogen-bond donors (Lipinski definition) is 1. The van der Waals surface area contributed by atoms with Crippen molar-refractivity contribution in [1.29, 1.82) is 0 Å². The molecule has 0 unspecified atom stereocenters. The zero-order valence-corrected chi connectivity index (χ0v) is 8.95. The molecule has 2 N–H and O–H groups in total. The van der Waals surface area contributed by atoms with Crippen molar-refractivity contribution in [2.24, 2.45) is 5.73 Å². The number of aromatic nitrogens is 2. The van der Waals surface area contributed by atoms with E-state index in [2.05, 4.69) is 10.1 Å². The molecule has 1 aromatic carbocycles. The second-order valence-electron chi connectivity index (χ2n) is 3.26. The van der Waals surface area contributed by atoms with Gasteiger partial charge in [-0.3, -0.25) is 0 Å². The molecule has 0 saturated heterocycles. The van der Waals surface area contributed by atoms with E-state index in [9.17, 15) is 8.78 Å². The molecular formula is C11H9F2N3O. The van der Waals surface area contributed by atoms with Crippen molar-refractivity contribution in [1.82, 2.24) is 10.1 Å². The fourth-order valence-corrected chi connectivity index (χ4v) is 1.28. The van der Waals surface area contributed by atoms with Gasteiger partial charge in [-0.05, 0) is 19.1 Å². The minimum absolute atomic E-state index is 0.0325.